The molecule has 0 spiro atoms. The van der Waals surface area contributed by atoms with Gasteiger partial charge in [-0.05, 0) is 16.8 Å². The quantitative estimate of drug-likeness (QED) is 0.800. The zero-order chi connectivity index (χ0) is 14.2. The van der Waals surface area contributed by atoms with Gasteiger partial charge in [0.05, 0.1) is 14.7 Å². The van der Waals surface area contributed by atoms with Gasteiger partial charge in [0.1, 0.15) is 0 Å². The number of halogens is 1. The first-order chi connectivity index (χ1) is 8.93. The van der Waals surface area contributed by atoms with Crippen molar-refractivity contribution < 1.29 is 25.9 Å². The second-order valence-electron chi connectivity index (χ2n) is 3.66. The largest absolute Gasteiger partial charge is 0.478 e. The third-order valence-electron chi connectivity index (χ3n) is 2.60. The van der Waals surface area contributed by atoms with Gasteiger partial charge in [-0.3, -0.25) is 0 Å². The Labute approximate surface area is 113 Å². The third-order valence-corrected chi connectivity index (χ3v) is 4.39. The smallest absolute Gasteiger partial charge is 0.341 e. The van der Waals surface area contributed by atoms with Crippen molar-refractivity contribution in [3.05, 3.63) is 45.0 Å². The van der Waals surface area contributed by atoms with Crippen LogP contribution in [0.15, 0.2) is 30.3 Å². The SMILES string of the molecule is O=C(O)c1c(I(=O)=O)cc2ccccc2c1C(=O)O. The summed E-state index contributed by atoms with van der Waals surface area (Å²) < 4.78 is 22.0. The Morgan fingerprint density at radius 3 is 2.05 bits per heavy atom. The van der Waals surface area contributed by atoms with Gasteiger partial charge in [0.15, 0.2) is 0 Å². The molecule has 2 N–H and O–H groups in total. The van der Waals surface area contributed by atoms with Crippen LogP contribution in [-0.2, 0) is 6.14 Å². The molecule has 2 aromatic carbocycles. The van der Waals surface area contributed by atoms with Gasteiger partial charge in [0.25, 0.3) is 0 Å². The van der Waals surface area contributed by atoms with Crippen molar-refractivity contribution >= 4 is 42.5 Å². The Hall–Kier alpha value is -2.03. The van der Waals surface area contributed by atoms with Crippen molar-refractivity contribution in [2.24, 2.45) is 0 Å². The number of hydrogen-bond donors (Lipinski definition) is 2. The molecule has 0 aromatic heterocycles. The number of aromatic carboxylic acids is 2. The molecule has 0 aliphatic rings. The normalized spacial score (nSPS) is 10.8. The van der Waals surface area contributed by atoms with Crippen LogP contribution >= 0.6 is 19.8 Å². The average molecular weight is 374 g/mol. The number of fused-ring (bicyclic) bond motifs is 1. The molecular weight excluding hydrogens is 367 g/mol. The van der Waals surface area contributed by atoms with E-state index >= 15 is 0 Å². The Balaban J connectivity index is 3.09. The molecule has 0 fully saturated rings. The molecule has 0 unspecified atom stereocenters. The topological polar surface area (TPSA) is 109 Å². The molecule has 0 aliphatic carbocycles. The maximum Gasteiger partial charge on any atom is 0.341 e. The highest BCUT2D eigenvalue weighted by Gasteiger charge is 2.25. The lowest BCUT2D eigenvalue weighted by Crippen LogP contribution is -2.11. The zero-order valence-electron chi connectivity index (χ0n) is 9.29. The first-order valence-electron chi connectivity index (χ1n) is 5.01. The predicted molar refractivity (Wildman–Crippen MR) is 72.0 cm³/mol. The fourth-order valence-corrected chi connectivity index (χ4v) is 3.40. The first-order valence-corrected chi connectivity index (χ1v) is 7.85. The van der Waals surface area contributed by atoms with E-state index in [4.69, 9.17) is 10.2 Å². The number of rotatable bonds is 3. The molecule has 0 heterocycles. The lowest BCUT2D eigenvalue weighted by Gasteiger charge is -2.08. The van der Waals surface area contributed by atoms with Crippen LogP contribution in [0.4, 0.5) is 0 Å². The summed E-state index contributed by atoms with van der Waals surface area (Å²) in [5, 5.41) is 18.8. The fourth-order valence-electron chi connectivity index (χ4n) is 1.87. The number of carboxylic acid groups (broad SMARTS) is 2. The van der Waals surface area contributed by atoms with E-state index in [0.29, 0.717) is 5.39 Å². The van der Waals surface area contributed by atoms with Crippen LogP contribution < -0.4 is 0 Å². The summed E-state index contributed by atoms with van der Waals surface area (Å²) in [6.07, 6.45) is 0. The van der Waals surface area contributed by atoms with Gasteiger partial charge in [-0.2, -0.15) is 0 Å². The average Bonchev–Trinajstić information content (AvgIpc) is 2.35. The minimum atomic E-state index is -4.12. The van der Waals surface area contributed by atoms with Crippen LogP contribution in [0, 0.1) is 3.57 Å². The Bertz CT molecular complexity index is 767. The second kappa shape index (κ2) is 4.92. The maximum atomic E-state index is 11.3. The van der Waals surface area contributed by atoms with E-state index in [0.717, 1.165) is 0 Å². The number of carbonyl (C=O) groups is 2. The van der Waals surface area contributed by atoms with Crippen molar-refractivity contribution in [3.63, 3.8) is 0 Å². The van der Waals surface area contributed by atoms with Gasteiger partial charge >= 0.3 is 31.7 Å². The van der Waals surface area contributed by atoms with E-state index < -0.39 is 46.4 Å². The lowest BCUT2D eigenvalue weighted by atomic mass is 9.99. The van der Waals surface area contributed by atoms with Crippen molar-refractivity contribution in [1.29, 1.82) is 0 Å². The van der Waals surface area contributed by atoms with Crippen LogP contribution in [0.1, 0.15) is 20.7 Å². The Kier molecular flexibility index (Phi) is 3.47. The molecular formula is C12H7IO6. The minimum absolute atomic E-state index is 0.203. The highest BCUT2D eigenvalue weighted by Crippen LogP contribution is 2.31. The fraction of sp³-hybridized carbons (Fsp3) is 0. The van der Waals surface area contributed by atoms with E-state index in [9.17, 15) is 15.7 Å². The zero-order valence-corrected chi connectivity index (χ0v) is 11.4. The molecule has 0 amide bonds. The molecule has 19 heavy (non-hydrogen) atoms. The molecule has 98 valence electrons. The summed E-state index contributed by atoms with van der Waals surface area (Å²) in [7, 11) is 0. The molecule has 6 nitrogen and oxygen atoms in total. The predicted octanol–water partition coefficient (Wildman–Crippen LogP) is 2.60. The summed E-state index contributed by atoms with van der Waals surface area (Å²) in [5.74, 6) is -3.03. The van der Waals surface area contributed by atoms with Gasteiger partial charge < -0.3 is 10.2 Å². The minimum Gasteiger partial charge on any atom is -0.478 e. The first kappa shape index (κ1) is 13.4. The number of hydrogen-bond acceptors (Lipinski definition) is 4. The van der Waals surface area contributed by atoms with Gasteiger partial charge in [-0.1, -0.05) is 24.3 Å². The van der Waals surface area contributed by atoms with Gasteiger partial charge in [0, 0.05) is 0 Å². The molecule has 0 aliphatic heterocycles. The van der Waals surface area contributed by atoms with Crippen LogP contribution in [0.5, 0.6) is 0 Å². The lowest BCUT2D eigenvalue weighted by molar-refractivity contribution is 0.0652. The van der Waals surface area contributed by atoms with E-state index in [1.807, 2.05) is 0 Å². The molecule has 0 atom stereocenters. The standard InChI is InChI=1S/C12H7IO6/c14-11(15)9-7-4-2-1-3-6(7)5-8(13(18)19)10(9)12(16)17/h1-5H,(H,14,15)(H,16,17). The number of benzene rings is 2. The number of carboxylic acids is 2. The van der Waals surface area contributed by atoms with E-state index in [1.165, 1.54) is 18.2 Å². The van der Waals surface area contributed by atoms with Crippen LogP contribution in [0.25, 0.3) is 10.8 Å². The third kappa shape index (κ3) is 2.28. The van der Waals surface area contributed by atoms with E-state index in [-0.39, 0.29) is 5.39 Å². The van der Waals surface area contributed by atoms with E-state index in [1.54, 1.807) is 12.1 Å². The van der Waals surface area contributed by atoms with Gasteiger partial charge in [-0.15, -0.1) is 0 Å². The summed E-state index contributed by atoms with van der Waals surface area (Å²) in [6, 6.07) is 7.37. The van der Waals surface area contributed by atoms with Gasteiger partial charge in [-0.25, -0.2) is 15.7 Å². The van der Waals surface area contributed by atoms with Gasteiger partial charge in [0.2, 0.25) is 0 Å². The van der Waals surface area contributed by atoms with Crippen molar-refractivity contribution in [3.8, 4) is 0 Å². The summed E-state index contributed by atoms with van der Waals surface area (Å²) in [5.41, 5.74) is -1.16. The molecule has 0 saturated carbocycles. The van der Waals surface area contributed by atoms with E-state index in [2.05, 4.69) is 0 Å². The van der Waals surface area contributed by atoms with Crippen LogP contribution in [-0.4, -0.2) is 22.2 Å². The molecule has 0 bridgehead atoms. The summed E-state index contributed by atoms with van der Waals surface area (Å²) in [6.45, 7) is 0. The van der Waals surface area contributed by atoms with Crippen molar-refractivity contribution in [2.45, 2.75) is 0 Å². The molecule has 7 heteroatoms. The van der Waals surface area contributed by atoms with Crippen LogP contribution in [0.3, 0.4) is 0 Å². The molecule has 0 saturated heterocycles. The van der Waals surface area contributed by atoms with Crippen LogP contribution in [0.2, 0.25) is 0 Å². The van der Waals surface area contributed by atoms with Crippen molar-refractivity contribution in [1.82, 2.24) is 0 Å². The Morgan fingerprint density at radius 2 is 1.53 bits per heavy atom. The highest BCUT2D eigenvalue weighted by molar-refractivity contribution is 14.2. The molecule has 0 radical (unpaired) electrons. The Morgan fingerprint density at radius 1 is 0.947 bits per heavy atom. The highest BCUT2D eigenvalue weighted by atomic mass is 127. The second-order valence-corrected chi connectivity index (χ2v) is 6.06. The molecule has 2 aromatic rings. The molecule has 2 rings (SSSR count). The summed E-state index contributed by atoms with van der Waals surface area (Å²) in [4.78, 5) is 22.4. The van der Waals surface area contributed by atoms with Crippen molar-refractivity contribution in [2.75, 3.05) is 0 Å². The maximum absolute atomic E-state index is 11.3. The monoisotopic (exact) mass is 374 g/mol. The summed E-state index contributed by atoms with van der Waals surface area (Å²) >= 11 is -4.12.